The second kappa shape index (κ2) is 5.50. The lowest BCUT2D eigenvalue weighted by Gasteiger charge is -2.21. The van der Waals surface area contributed by atoms with Gasteiger partial charge in [-0.2, -0.15) is 0 Å². The molecule has 0 atom stereocenters. The van der Waals surface area contributed by atoms with E-state index in [4.69, 9.17) is 9.47 Å². The third-order valence-electron chi connectivity index (χ3n) is 1.58. The van der Waals surface area contributed by atoms with Crippen LogP contribution < -0.4 is 4.90 Å². The van der Waals surface area contributed by atoms with Crippen molar-refractivity contribution in [1.82, 2.24) is 4.98 Å². The maximum absolute atomic E-state index is 5.03. The first-order valence-electron chi connectivity index (χ1n) is 4.01. The van der Waals surface area contributed by atoms with Crippen LogP contribution in [0.5, 0.6) is 0 Å². The Morgan fingerprint density at radius 3 is 2.46 bits per heavy atom. The second-order valence-corrected chi connectivity index (χ2v) is 2.59. The third-order valence-corrected chi connectivity index (χ3v) is 1.58. The average molecular weight is 182 g/mol. The lowest BCUT2D eigenvalue weighted by molar-refractivity contribution is 0.140. The predicted molar refractivity (Wildman–Crippen MR) is 50.5 cm³/mol. The Bertz CT molecular complexity index is 222. The third kappa shape index (κ3) is 3.01. The standard InChI is InChI=1S/C9H14N2O2/c1-12-7-11(8-13-2)9-4-3-5-10-6-9/h3-6H,7-8H2,1-2H3. The van der Waals surface area contributed by atoms with Crippen LogP contribution in [-0.4, -0.2) is 32.7 Å². The van der Waals surface area contributed by atoms with Gasteiger partial charge in [0, 0.05) is 20.4 Å². The first-order valence-corrected chi connectivity index (χ1v) is 4.01. The van der Waals surface area contributed by atoms with Crippen LogP contribution >= 0.6 is 0 Å². The zero-order valence-corrected chi connectivity index (χ0v) is 7.93. The van der Waals surface area contributed by atoms with Gasteiger partial charge in [-0.3, -0.25) is 4.98 Å². The Hall–Kier alpha value is -1.13. The minimum atomic E-state index is 0.500. The number of hydrogen-bond donors (Lipinski definition) is 0. The van der Waals surface area contributed by atoms with E-state index >= 15 is 0 Å². The SMILES string of the molecule is COCN(COC)c1cccnc1. The molecular weight excluding hydrogens is 168 g/mol. The highest BCUT2D eigenvalue weighted by Gasteiger charge is 2.03. The maximum atomic E-state index is 5.03. The van der Waals surface area contributed by atoms with Gasteiger partial charge in [-0.15, -0.1) is 0 Å². The molecule has 0 aliphatic heterocycles. The Balaban J connectivity index is 2.64. The Morgan fingerprint density at radius 1 is 1.31 bits per heavy atom. The number of hydrogen-bond acceptors (Lipinski definition) is 4. The lowest BCUT2D eigenvalue weighted by Crippen LogP contribution is -2.27. The molecule has 1 heterocycles. The molecule has 0 radical (unpaired) electrons. The van der Waals surface area contributed by atoms with Crippen molar-refractivity contribution in [3.05, 3.63) is 24.5 Å². The minimum absolute atomic E-state index is 0.500. The molecule has 4 heteroatoms. The summed E-state index contributed by atoms with van der Waals surface area (Å²) in [6, 6.07) is 3.85. The molecule has 1 rings (SSSR count). The van der Waals surface area contributed by atoms with Crippen molar-refractivity contribution in [2.24, 2.45) is 0 Å². The summed E-state index contributed by atoms with van der Waals surface area (Å²) in [6.45, 7) is 0.999. The fourth-order valence-electron chi connectivity index (χ4n) is 1.04. The maximum Gasteiger partial charge on any atom is 0.120 e. The van der Waals surface area contributed by atoms with Gasteiger partial charge in [0.1, 0.15) is 13.5 Å². The molecule has 13 heavy (non-hydrogen) atoms. The Kier molecular flexibility index (Phi) is 4.21. The van der Waals surface area contributed by atoms with E-state index in [-0.39, 0.29) is 0 Å². The molecule has 0 amide bonds. The number of ether oxygens (including phenoxy) is 2. The first-order chi connectivity index (χ1) is 6.38. The number of pyridine rings is 1. The molecule has 1 aromatic heterocycles. The highest BCUT2D eigenvalue weighted by atomic mass is 16.5. The summed E-state index contributed by atoms with van der Waals surface area (Å²) < 4.78 is 10.1. The number of nitrogens with zero attached hydrogens (tertiary/aromatic N) is 2. The summed E-state index contributed by atoms with van der Waals surface area (Å²) in [4.78, 5) is 5.95. The fraction of sp³-hybridized carbons (Fsp3) is 0.444. The largest absolute Gasteiger partial charge is 0.364 e. The van der Waals surface area contributed by atoms with Gasteiger partial charge in [0.25, 0.3) is 0 Å². The van der Waals surface area contributed by atoms with Crippen molar-refractivity contribution >= 4 is 5.69 Å². The number of rotatable bonds is 5. The average Bonchev–Trinajstić information content (AvgIpc) is 2.19. The molecule has 0 bridgehead atoms. The molecular formula is C9H14N2O2. The molecule has 4 nitrogen and oxygen atoms in total. The number of methoxy groups -OCH3 is 2. The van der Waals surface area contributed by atoms with Crippen molar-refractivity contribution in [3.63, 3.8) is 0 Å². The number of aromatic nitrogens is 1. The van der Waals surface area contributed by atoms with Gasteiger partial charge in [0.05, 0.1) is 11.9 Å². The zero-order chi connectivity index (χ0) is 9.52. The molecule has 0 saturated heterocycles. The van der Waals surface area contributed by atoms with Crippen LogP contribution in [0.3, 0.4) is 0 Å². The van der Waals surface area contributed by atoms with E-state index in [1.807, 2.05) is 17.0 Å². The lowest BCUT2D eigenvalue weighted by atomic mass is 10.4. The summed E-state index contributed by atoms with van der Waals surface area (Å²) in [7, 11) is 3.30. The van der Waals surface area contributed by atoms with E-state index in [1.165, 1.54) is 0 Å². The summed E-state index contributed by atoms with van der Waals surface area (Å²) in [5.41, 5.74) is 0.992. The normalized spacial score (nSPS) is 10.0. The molecule has 1 aromatic rings. The van der Waals surface area contributed by atoms with Crippen LogP contribution in [-0.2, 0) is 9.47 Å². The summed E-state index contributed by atoms with van der Waals surface area (Å²) in [6.07, 6.45) is 3.51. The van der Waals surface area contributed by atoms with Crippen LogP contribution in [0.15, 0.2) is 24.5 Å². The highest BCUT2D eigenvalue weighted by Crippen LogP contribution is 2.10. The molecule has 0 spiro atoms. The van der Waals surface area contributed by atoms with E-state index < -0.39 is 0 Å². The van der Waals surface area contributed by atoms with Gasteiger partial charge < -0.3 is 14.4 Å². The summed E-state index contributed by atoms with van der Waals surface area (Å²) in [5, 5.41) is 0. The Morgan fingerprint density at radius 2 is 2.00 bits per heavy atom. The molecule has 0 fully saturated rings. The van der Waals surface area contributed by atoms with E-state index in [0.717, 1.165) is 5.69 Å². The second-order valence-electron chi connectivity index (χ2n) is 2.59. The van der Waals surface area contributed by atoms with E-state index in [9.17, 15) is 0 Å². The van der Waals surface area contributed by atoms with Crippen molar-refractivity contribution in [2.75, 3.05) is 32.6 Å². The molecule has 0 N–H and O–H groups in total. The van der Waals surface area contributed by atoms with Gasteiger partial charge in [0.2, 0.25) is 0 Å². The van der Waals surface area contributed by atoms with Crippen LogP contribution in [0.4, 0.5) is 5.69 Å². The summed E-state index contributed by atoms with van der Waals surface area (Å²) in [5.74, 6) is 0. The fourth-order valence-corrected chi connectivity index (χ4v) is 1.04. The van der Waals surface area contributed by atoms with Gasteiger partial charge in [-0.25, -0.2) is 0 Å². The summed E-state index contributed by atoms with van der Waals surface area (Å²) >= 11 is 0. The molecule has 0 aliphatic rings. The van der Waals surface area contributed by atoms with Gasteiger partial charge >= 0.3 is 0 Å². The monoisotopic (exact) mass is 182 g/mol. The zero-order valence-electron chi connectivity index (χ0n) is 7.93. The molecule has 0 aromatic carbocycles. The van der Waals surface area contributed by atoms with Crippen molar-refractivity contribution in [2.45, 2.75) is 0 Å². The minimum Gasteiger partial charge on any atom is -0.364 e. The van der Waals surface area contributed by atoms with Crippen LogP contribution in [0, 0.1) is 0 Å². The molecule has 0 unspecified atom stereocenters. The quantitative estimate of drug-likeness (QED) is 0.638. The Labute approximate surface area is 78.1 Å². The van der Waals surface area contributed by atoms with Gasteiger partial charge in [-0.1, -0.05) is 0 Å². The predicted octanol–water partition coefficient (Wildman–Crippen LogP) is 1.10. The number of anilines is 1. The highest BCUT2D eigenvalue weighted by molar-refractivity contribution is 5.42. The van der Waals surface area contributed by atoms with Crippen molar-refractivity contribution in [1.29, 1.82) is 0 Å². The molecule has 0 aliphatic carbocycles. The molecule has 0 saturated carbocycles. The van der Waals surface area contributed by atoms with Crippen LogP contribution in [0.25, 0.3) is 0 Å². The van der Waals surface area contributed by atoms with Gasteiger partial charge in [0.15, 0.2) is 0 Å². The van der Waals surface area contributed by atoms with E-state index in [2.05, 4.69) is 4.98 Å². The first kappa shape index (κ1) is 9.95. The van der Waals surface area contributed by atoms with Crippen LogP contribution in [0.2, 0.25) is 0 Å². The van der Waals surface area contributed by atoms with Crippen molar-refractivity contribution in [3.8, 4) is 0 Å². The van der Waals surface area contributed by atoms with Gasteiger partial charge in [-0.05, 0) is 12.1 Å². The van der Waals surface area contributed by atoms with Crippen LogP contribution in [0.1, 0.15) is 0 Å². The molecule has 72 valence electrons. The van der Waals surface area contributed by atoms with E-state index in [0.29, 0.717) is 13.5 Å². The van der Waals surface area contributed by atoms with E-state index in [1.54, 1.807) is 26.6 Å². The van der Waals surface area contributed by atoms with Crippen molar-refractivity contribution < 1.29 is 9.47 Å². The smallest absolute Gasteiger partial charge is 0.120 e. The topological polar surface area (TPSA) is 34.6 Å².